The number of hydrogen-bond acceptors (Lipinski definition) is 4. The predicted octanol–water partition coefficient (Wildman–Crippen LogP) is 0.981. The topological polar surface area (TPSA) is 71.5 Å². The van der Waals surface area contributed by atoms with Crippen molar-refractivity contribution in [3.63, 3.8) is 0 Å². The normalized spacial score (nSPS) is 20.1. The molecule has 1 aliphatic rings. The standard InChI is InChI=1S/C10H12N2O3/c13-10(14)8-1-3-11-5-9(8)12-7-2-4-15-6-7/h1,3,5,7,12H,2,4,6H2,(H,13,14). The van der Waals surface area contributed by atoms with Gasteiger partial charge in [0.15, 0.2) is 0 Å². The summed E-state index contributed by atoms with van der Waals surface area (Å²) < 4.78 is 5.20. The Morgan fingerprint density at radius 3 is 3.20 bits per heavy atom. The lowest BCUT2D eigenvalue weighted by Crippen LogP contribution is -2.20. The molecule has 2 N–H and O–H groups in total. The van der Waals surface area contributed by atoms with Crippen molar-refractivity contribution in [1.29, 1.82) is 0 Å². The molecule has 1 unspecified atom stereocenters. The summed E-state index contributed by atoms with van der Waals surface area (Å²) in [6, 6.07) is 1.67. The highest BCUT2D eigenvalue weighted by Crippen LogP contribution is 2.17. The number of rotatable bonds is 3. The molecule has 1 aromatic rings. The van der Waals surface area contributed by atoms with E-state index in [0.717, 1.165) is 13.0 Å². The molecular weight excluding hydrogens is 196 g/mol. The SMILES string of the molecule is O=C(O)c1ccncc1NC1CCOC1. The van der Waals surface area contributed by atoms with E-state index in [1.807, 2.05) is 0 Å². The van der Waals surface area contributed by atoms with Crippen LogP contribution in [0.2, 0.25) is 0 Å². The van der Waals surface area contributed by atoms with Crippen LogP contribution in [-0.4, -0.2) is 35.3 Å². The first-order chi connectivity index (χ1) is 7.27. The first kappa shape index (κ1) is 9.92. The fourth-order valence-corrected chi connectivity index (χ4v) is 1.56. The fraction of sp³-hybridized carbons (Fsp3) is 0.400. The van der Waals surface area contributed by atoms with Crippen LogP contribution in [0.4, 0.5) is 5.69 Å². The van der Waals surface area contributed by atoms with Crippen molar-refractivity contribution >= 4 is 11.7 Å². The van der Waals surface area contributed by atoms with Crippen LogP contribution in [0.15, 0.2) is 18.5 Å². The maximum atomic E-state index is 10.9. The summed E-state index contributed by atoms with van der Waals surface area (Å²) in [5.74, 6) is -0.946. The molecule has 1 atom stereocenters. The molecule has 0 amide bonds. The van der Waals surface area contributed by atoms with Crippen LogP contribution in [0.1, 0.15) is 16.8 Å². The predicted molar refractivity (Wildman–Crippen MR) is 54.0 cm³/mol. The average molecular weight is 208 g/mol. The van der Waals surface area contributed by atoms with E-state index in [4.69, 9.17) is 9.84 Å². The van der Waals surface area contributed by atoms with Gasteiger partial charge in [0.2, 0.25) is 0 Å². The van der Waals surface area contributed by atoms with Gasteiger partial charge in [0.25, 0.3) is 0 Å². The first-order valence-corrected chi connectivity index (χ1v) is 4.79. The molecule has 1 aromatic heterocycles. The van der Waals surface area contributed by atoms with Crippen LogP contribution >= 0.6 is 0 Å². The minimum atomic E-state index is -0.946. The molecule has 0 radical (unpaired) electrons. The van der Waals surface area contributed by atoms with Crippen molar-refractivity contribution < 1.29 is 14.6 Å². The number of aromatic nitrogens is 1. The Kier molecular flexibility index (Phi) is 2.82. The zero-order valence-corrected chi connectivity index (χ0v) is 8.14. The third-order valence-electron chi connectivity index (χ3n) is 2.34. The molecule has 2 rings (SSSR count). The summed E-state index contributed by atoms with van der Waals surface area (Å²) in [5, 5.41) is 12.1. The minimum absolute atomic E-state index is 0.187. The monoisotopic (exact) mass is 208 g/mol. The van der Waals surface area contributed by atoms with Gasteiger partial charge in [-0.2, -0.15) is 0 Å². The molecule has 0 aromatic carbocycles. The lowest BCUT2D eigenvalue weighted by molar-refractivity contribution is 0.0697. The van der Waals surface area contributed by atoms with Gasteiger partial charge < -0.3 is 15.2 Å². The highest BCUT2D eigenvalue weighted by Gasteiger charge is 2.18. The Morgan fingerprint density at radius 1 is 1.67 bits per heavy atom. The number of aromatic carboxylic acids is 1. The van der Waals surface area contributed by atoms with E-state index < -0.39 is 5.97 Å². The van der Waals surface area contributed by atoms with E-state index in [0.29, 0.717) is 12.3 Å². The second-order valence-corrected chi connectivity index (χ2v) is 3.43. The summed E-state index contributed by atoms with van der Waals surface area (Å²) in [7, 11) is 0. The van der Waals surface area contributed by atoms with Gasteiger partial charge in [-0.05, 0) is 12.5 Å². The third-order valence-corrected chi connectivity index (χ3v) is 2.34. The quantitative estimate of drug-likeness (QED) is 0.774. The van der Waals surface area contributed by atoms with Crippen LogP contribution in [0.3, 0.4) is 0 Å². The van der Waals surface area contributed by atoms with E-state index in [1.54, 1.807) is 0 Å². The largest absolute Gasteiger partial charge is 0.478 e. The number of pyridine rings is 1. The first-order valence-electron chi connectivity index (χ1n) is 4.79. The number of anilines is 1. The van der Waals surface area contributed by atoms with Crippen LogP contribution in [-0.2, 0) is 4.74 Å². The van der Waals surface area contributed by atoms with E-state index in [9.17, 15) is 4.79 Å². The van der Waals surface area contributed by atoms with Crippen LogP contribution < -0.4 is 5.32 Å². The lowest BCUT2D eigenvalue weighted by Gasteiger charge is -2.13. The number of carbonyl (C=O) groups is 1. The van der Waals surface area contributed by atoms with Gasteiger partial charge >= 0.3 is 5.97 Å². The highest BCUT2D eigenvalue weighted by atomic mass is 16.5. The van der Waals surface area contributed by atoms with Gasteiger partial charge in [0.1, 0.15) is 0 Å². The van der Waals surface area contributed by atoms with E-state index in [1.165, 1.54) is 18.5 Å². The van der Waals surface area contributed by atoms with Crippen molar-refractivity contribution in [2.75, 3.05) is 18.5 Å². The molecule has 1 fully saturated rings. The number of carboxylic acids is 1. The second-order valence-electron chi connectivity index (χ2n) is 3.43. The molecule has 1 saturated heterocycles. The maximum Gasteiger partial charge on any atom is 0.337 e. The van der Waals surface area contributed by atoms with Gasteiger partial charge in [0.05, 0.1) is 30.1 Å². The summed E-state index contributed by atoms with van der Waals surface area (Å²) in [4.78, 5) is 14.8. The van der Waals surface area contributed by atoms with Crippen molar-refractivity contribution in [3.05, 3.63) is 24.0 Å². The Bertz CT molecular complexity index is 361. The summed E-state index contributed by atoms with van der Waals surface area (Å²) in [5.41, 5.74) is 0.803. The number of carboxylic acid groups (broad SMARTS) is 1. The molecule has 2 heterocycles. The molecular formula is C10H12N2O3. The zero-order valence-electron chi connectivity index (χ0n) is 8.14. The molecule has 0 spiro atoms. The Balaban J connectivity index is 2.15. The van der Waals surface area contributed by atoms with Gasteiger partial charge in [-0.3, -0.25) is 4.98 Å². The summed E-state index contributed by atoms with van der Waals surface area (Å²) in [6.07, 6.45) is 3.90. The molecule has 0 bridgehead atoms. The zero-order chi connectivity index (χ0) is 10.7. The lowest BCUT2D eigenvalue weighted by atomic mass is 10.2. The van der Waals surface area contributed by atoms with Crippen LogP contribution in [0, 0.1) is 0 Å². The van der Waals surface area contributed by atoms with Gasteiger partial charge in [-0.1, -0.05) is 0 Å². The molecule has 0 saturated carbocycles. The van der Waals surface area contributed by atoms with Crippen molar-refractivity contribution in [1.82, 2.24) is 4.98 Å². The number of nitrogens with one attached hydrogen (secondary N) is 1. The number of hydrogen-bond donors (Lipinski definition) is 2. The van der Waals surface area contributed by atoms with Crippen molar-refractivity contribution in [2.24, 2.45) is 0 Å². The van der Waals surface area contributed by atoms with E-state index in [2.05, 4.69) is 10.3 Å². The summed E-state index contributed by atoms with van der Waals surface area (Å²) in [6.45, 7) is 1.34. The van der Waals surface area contributed by atoms with E-state index in [-0.39, 0.29) is 11.6 Å². The molecule has 1 aliphatic heterocycles. The second kappa shape index (κ2) is 4.27. The van der Waals surface area contributed by atoms with Gasteiger partial charge in [-0.15, -0.1) is 0 Å². The number of nitrogens with zero attached hydrogens (tertiary/aromatic N) is 1. The Labute approximate surface area is 87.1 Å². The molecule has 5 nitrogen and oxygen atoms in total. The van der Waals surface area contributed by atoms with Crippen LogP contribution in [0.5, 0.6) is 0 Å². The number of ether oxygens (including phenoxy) is 1. The van der Waals surface area contributed by atoms with Crippen molar-refractivity contribution in [2.45, 2.75) is 12.5 Å². The average Bonchev–Trinajstić information content (AvgIpc) is 2.71. The van der Waals surface area contributed by atoms with Crippen molar-refractivity contribution in [3.8, 4) is 0 Å². The summed E-state index contributed by atoms with van der Waals surface area (Å²) >= 11 is 0. The van der Waals surface area contributed by atoms with E-state index >= 15 is 0 Å². The molecule has 80 valence electrons. The Hall–Kier alpha value is -1.62. The smallest absolute Gasteiger partial charge is 0.337 e. The highest BCUT2D eigenvalue weighted by molar-refractivity contribution is 5.93. The van der Waals surface area contributed by atoms with Gasteiger partial charge in [-0.25, -0.2) is 4.79 Å². The minimum Gasteiger partial charge on any atom is -0.478 e. The molecule has 0 aliphatic carbocycles. The Morgan fingerprint density at radius 2 is 2.53 bits per heavy atom. The molecule has 5 heteroatoms. The van der Waals surface area contributed by atoms with Gasteiger partial charge in [0, 0.05) is 12.8 Å². The molecule has 15 heavy (non-hydrogen) atoms. The fourth-order valence-electron chi connectivity index (χ4n) is 1.56. The van der Waals surface area contributed by atoms with Crippen LogP contribution in [0.25, 0.3) is 0 Å². The maximum absolute atomic E-state index is 10.9. The third kappa shape index (κ3) is 2.24.